The predicted molar refractivity (Wildman–Crippen MR) is 75.7 cm³/mol. The minimum absolute atomic E-state index is 0.0434. The van der Waals surface area contributed by atoms with Crippen LogP contribution in [0, 0.1) is 0 Å². The second kappa shape index (κ2) is 7.28. The van der Waals surface area contributed by atoms with Crippen LogP contribution in [0.3, 0.4) is 0 Å². The fourth-order valence-corrected chi connectivity index (χ4v) is 2.51. The standard InChI is InChI=1S/C14H23N3O3/c1-2-3-4-7-20-10-14(19)17-6-5-11(9-17)12-8-13(18)16-15-12/h8,11H,2-7,9-10H2,1H3,(H2,15,16,18). The molecule has 1 saturated heterocycles. The Labute approximate surface area is 118 Å². The number of nitrogens with zero attached hydrogens (tertiary/aromatic N) is 1. The average molecular weight is 281 g/mol. The molecule has 1 atom stereocenters. The number of carbonyl (C=O) groups excluding carboxylic acids is 1. The number of hydrogen-bond acceptors (Lipinski definition) is 3. The summed E-state index contributed by atoms with van der Waals surface area (Å²) in [6.45, 7) is 4.35. The number of unbranched alkanes of at least 4 members (excludes halogenated alkanes) is 2. The van der Waals surface area contributed by atoms with E-state index in [2.05, 4.69) is 17.1 Å². The zero-order valence-corrected chi connectivity index (χ0v) is 12.0. The van der Waals surface area contributed by atoms with Crippen LogP contribution in [-0.2, 0) is 9.53 Å². The van der Waals surface area contributed by atoms with E-state index in [0.717, 1.165) is 37.9 Å². The first-order chi connectivity index (χ1) is 9.70. The molecule has 1 aliphatic heterocycles. The summed E-state index contributed by atoms with van der Waals surface area (Å²) in [4.78, 5) is 24.9. The second-order valence-electron chi connectivity index (χ2n) is 5.30. The molecule has 0 bridgehead atoms. The van der Waals surface area contributed by atoms with Gasteiger partial charge in [-0.05, 0) is 12.8 Å². The van der Waals surface area contributed by atoms with E-state index in [0.29, 0.717) is 13.2 Å². The first-order valence-corrected chi connectivity index (χ1v) is 7.33. The third-order valence-corrected chi connectivity index (χ3v) is 3.72. The number of aromatic amines is 2. The van der Waals surface area contributed by atoms with Gasteiger partial charge in [-0.1, -0.05) is 19.8 Å². The molecule has 1 aromatic heterocycles. The number of ether oxygens (including phenoxy) is 1. The molecule has 6 nitrogen and oxygen atoms in total. The lowest BCUT2D eigenvalue weighted by Gasteiger charge is -2.16. The van der Waals surface area contributed by atoms with Crippen LogP contribution in [0.1, 0.15) is 44.2 Å². The van der Waals surface area contributed by atoms with Gasteiger partial charge in [0.05, 0.1) is 0 Å². The lowest BCUT2D eigenvalue weighted by molar-refractivity contribution is -0.135. The molecule has 6 heteroatoms. The molecular formula is C14H23N3O3. The van der Waals surface area contributed by atoms with Gasteiger partial charge in [-0.2, -0.15) is 0 Å². The second-order valence-corrected chi connectivity index (χ2v) is 5.30. The molecule has 1 aliphatic rings. The number of hydrogen-bond donors (Lipinski definition) is 2. The Kier molecular flexibility index (Phi) is 5.40. The summed E-state index contributed by atoms with van der Waals surface area (Å²) in [5, 5.41) is 5.40. The van der Waals surface area contributed by atoms with E-state index in [1.807, 2.05) is 4.90 Å². The van der Waals surface area contributed by atoms with Crippen LogP contribution in [0.4, 0.5) is 0 Å². The van der Waals surface area contributed by atoms with Crippen molar-refractivity contribution in [3.63, 3.8) is 0 Å². The molecule has 112 valence electrons. The Morgan fingerprint density at radius 2 is 2.30 bits per heavy atom. The van der Waals surface area contributed by atoms with Crippen molar-refractivity contribution in [2.45, 2.75) is 38.5 Å². The van der Waals surface area contributed by atoms with Gasteiger partial charge in [0.25, 0.3) is 5.56 Å². The number of H-pyrrole nitrogens is 2. The zero-order chi connectivity index (χ0) is 14.4. The summed E-state index contributed by atoms with van der Waals surface area (Å²) in [6.07, 6.45) is 4.19. The van der Waals surface area contributed by atoms with Gasteiger partial charge in [0.15, 0.2) is 0 Å². The highest BCUT2D eigenvalue weighted by Gasteiger charge is 2.28. The lowest BCUT2D eigenvalue weighted by Crippen LogP contribution is -2.32. The molecule has 0 saturated carbocycles. The number of likely N-dealkylation sites (tertiary alicyclic amines) is 1. The maximum Gasteiger partial charge on any atom is 0.264 e. The van der Waals surface area contributed by atoms with Gasteiger partial charge in [0, 0.05) is 37.4 Å². The van der Waals surface area contributed by atoms with Crippen molar-refractivity contribution in [1.29, 1.82) is 0 Å². The molecule has 0 radical (unpaired) electrons. The SMILES string of the molecule is CCCCCOCC(=O)N1CCC(c2cc(=O)[nH][nH]2)C1. The summed E-state index contributed by atoms with van der Waals surface area (Å²) in [6, 6.07) is 1.57. The van der Waals surface area contributed by atoms with Crippen LogP contribution >= 0.6 is 0 Å². The van der Waals surface area contributed by atoms with Crippen molar-refractivity contribution >= 4 is 5.91 Å². The molecular weight excluding hydrogens is 258 g/mol. The first-order valence-electron chi connectivity index (χ1n) is 7.33. The van der Waals surface area contributed by atoms with E-state index in [4.69, 9.17) is 4.74 Å². The van der Waals surface area contributed by atoms with Gasteiger partial charge in [0.2, 0.25) is 5.91 Å². The van der Waals surface area contributed by atoms with Crippen molar-refractivity contribution < 1.29 is 9.53 Å². The van der Waals surface area contributed by atoms with Crippen molar-refractivity contribution in [3.05, 3.63) is 22.1 Å². The molecule has 1 amide bonds. The maximum absolute atomic E-state index is 12.0. The smallest absolute Gasteiger partial charge is 0.264 e. The van der Waals surface area contributed by atoms with Gasteiger partial charge in [0.1, 0.15) is 6.61 Å². The maximum atomic E-state index is 12.0. The lowest BCUT2D eigenvalue weighted by atomic mass is 10.1. The van der Waals surface area contributed by atoms with Crippen molar-refractivity contribution in [1.82, 2.24) is 15.1 Å². The van der Waals surface area contributed by atoms with Crippen LogP contribution in [0.5, 0.6) is 0 Å². The van der Waals surface area contributed by atoms with Gasteiger partial charge in [-0.25, -0.2) is 0 Å². The van der Waals surface area contributed by atoms with Crippen molar-refractivity contribution in [2.24, 2.45) is 0 Å². The highest BCUT2D eigenvalue weighted by molar-refractivity contribution is 5.77. The van der Waals surface area contributed by atoms with Crippen molar-refractivity contribution in [3.8, 4) is 0 Å². The topological polar surface area (TPSA) is 78.2 Å². The van der Waals surface area contributed by atoms with E-state index in [9.17, 15) is 9.59 Å². The average Bonchev–Trinajstić information content (AvgIpc) is 3.06. The van der Waals surface area contributed by atoms with Gasteiger partial charge < -0.3 is 14.7 Å². The minimum atomic E-state index is -0.121. The summed E-state index contributed by atoms with van der Waals surface area (Å²) in [5.41, 5.74) is 0.762. The van der Waals surface area contributed by atoms with E-state index in [1.165, 1.54) is 0 Å². The Morgan fingerprint density at radius 3 is 3.00 bits per heavy atom. The molecule has 2 rings (SSSR count). The number of aromatic nitrogens is 2. The van der Waals surface area contributed by atoms with Crippen LogP contribution in [0.25, 0.3) is 0 Å². The number of nitrogens with one attached hydrogen (secondary N) is 2. The fraction of sp³-hybridized carbons (Fsp3) is 0.714. The van der Waals surface area contributed by atoms with Crippen LogP contribution in [0.15, 0.2) is 10.9 Å². The van der Waals surface area contributed by atoms with E-state index in [-0.39, 0.29) is 24.0 Å². The van der Waals surface area contributed by atoms with Gasteiger partial charge in [-0.3, -0.25) is 14.7 Å². The summed E-state index contributed by atoms with van der Waals surface area (Å²) in [7, 11) is 0. The number of rotatable bonds is 7. The molecule has 2 heterocycles. The largest absolute Gasteiger partial charge is 0.372 e. The Bertz CT molecular complexity index is 480. The summed E-state index contributed by atoms with van der Waals surface area (Å²) < 4.78 is 5.40. The van der Waals surface area contributed by atoms with E-state index in [1.54, 1.807) is 6.07 Å². The molecule has 1 unspecified atom stereocenters. The molecule has 0 aromatic carbocycles. The Morgan fingerprint density at radius 1 is 1.45 bits per heavy atom. The van der Waals surface area contributed by atoms with Crippen LogP contribution in [-0.4, -0.2) is 47.3 Å². The van der Waals surface area contributed by atoms with E-state index >= 15 is 0 Å². The monoisotopic (exact) mass is 281 g/mol. The zero-order valence-electron chi connectivity index (χ0n) is 12.0. The Balaban J connectivity index is 1.72. The predicted octanol–water partition coefficient (Wildman–Crippen LogP) is 1.23. The highest BCUT2D eigenvalue weighted by Crippen LogP contribution is 2.24. The van der Waals surface area contributed by atoms with Gasteiger partial charge in [-0.15, -0.1) is 0 Å². The molecule has 0 aliphatic carbocycles. The molecule has 1 aromatic rings. The number of amides is 1. The number of carbonyl (C=O) groups is 1. The fourth-order valence-electron chi connectivity index (χ4n) is 2.51. The first kappa shape index (κ1) is 14.8. The third kappa shape index (κ3) is 3.96. The molecule has 20 heavy (non-hydrogen) atoms. The van der Waals surface area contributed by atoms with E-state index < -0.39 is 0 Å². The quantitative estimate of drug-likeness (QED) is 0.738. The summed E-state index contributed by atoms with van der Waals surface area (Å²) in [5.74, 6) is 0.264. The molecule has 2 N–H and O–H groups in total. The minimum Gasteiger partial charge on any atom is -0.372 e. The highest BCUT2D eigenvalue weighted by atomic mass is 16.5. The summed E-state index contributed by atoms with van der Waals surface area (Å²) >= 11 is 0. The van der Waals surface area contributed by atoms with Crippen LogP contribution < -0.4 is 5.56 Å². The molecule has 1 fully saturated rings. The molecule has 0 spiro atoms. The van der Waals surface area contributed by atoms with Crippen molar-refractivity contribution in [2.75, 3.05) is 26.3 Å². The Hall–Kier alpha value is -1.56. The third-order valence-electron chi connectivity index (χ3n) is 3.72. The van der Waals surface area contributed by atoms with Crippen LogP contribution in [0.2, 0.25) is 0 Å². The van der Waals surface area contributed by atoms with Gasteiger partial charge >= 0.3 is 0 Å². The normalized spacial score (nSPS) is 18.6.